The summed E-state index contributed by atoms with van der Waals surface area (Å²) in [5, 5.41) is 10.8. The molecule has 9 nitrogen and oxygen atoms in total. The summed E-state index contributed by atoms with van der Waals surface area (Å²) in [6.45, 7) is 3.78. The molecule has 2 saturated carbocycles. The Kier molecular flexibility index (Phi) is 6.14. The highest BCUT2D eigenvalue weighted by Crippen LogP contribution is 2.68. The zero-order valence-electron chi connectivity index (χ0n) is 21.5. The molecule has 2 N–H and O–H groups in total. The van der Waals surface area contributed by atoms with Crippen molar-refractivity contribution in [2.75, 3.05) is 14.2 Å². The van der Waals surface area contributed by atoms with E-state index in [0.29, 0.717) is 11.5 Å². The van der Waals surface area contributed by atoms with Gasteiger partial charge >= 0.3 is 10.8 Å². The minimum atomic E-state index is -1.14. The molecule has 38 heavy (non-hydrogen) atoms. The van der Waals surface area contributed by atoms with E-state index in [0.717, 1.165) is 26.8 Å². The number of carbonyl (C=O) groups excluding carboxylic acids is 2. The third-order valence-electron chi connectivity index (χ3n) is 8.82. The van der Waals surface area contributed by atoms with E-state index in [2.05, 4.69) is 4.98 Å². The fraction of sp³-hybridized carbons (Fsp3) is 0.556. The molecule has 6 rings (SSSR count). The van der Waals surface area contributed by atoms with Crippen LogP contribution >= 0.6 is 23.1 Å². The number of carbonyl (C=O) groups is 3. The minimum Gasteiger partial charge on any atom is -0.493 e. The first-order valence-corrected chi connectivity index (χ1v) is 14.6. The number of thiazole rings is 1. The predicted molar refractivity (Wildman–Crippen MR) is 141 cm³/mol. The van der Waals surface area contributed by atoms with E-state index in [1.807, 2.05) is 32.0 Å². The fourth-order valence-corrected chi connectivity index (χ4v) is 10.4. The van der Waals surface area contributed by atoms with Gasteiger partial charge in [0.15, 0.2) is 11.5 Å². The summed E-state index contributed by atoms with van der Waals surface area (Å²) in [4.78, 5) is 57.0. The molecule has 1 aromatic heterocycles. The number of fused-ring (bicyclic) bond motifs is 9. The molecule has 2 bridgehead atoms. The van der Waals surface area contributed by atoms with Crippen molar-refractivity contribution in [2.24, 2.45) is 35.5 Å². The van der Waals surface area contributed by atoms with Gasteiger partial charge in [-0.25, -0.2) is 4.79 Å². The molecule has 1 saturated heterocycles. The molecular weight excluding hydrogens is 528 g/mol. The van der Waals surface area contributed by atoms with Crippen molar-refractivity contribution in [3.8, 4) is 11.5 Å². The molecule has 0 radical (unpaired) electrons. The quantitative estimate of drug-likeness (QED) is 0.495. The van der Waals surface area contributed by atoms with Gasteiger partial charge in [-0.3, -0.25) is 19.3 Å². The number of rotatable bonds is 7. The van der Waals surface area contributed by atoms with Crippen LogP contribution in [0, 0.1) is 35.5 Å². The fourth-order valence-electron chi connectivity index (χ4n) is 7.53. The highest BCUT2D eigenvalue weighted by atomic mass is 32.2. The number of aromatic nitrogens is 1. The second-order valence-electron chi connectivity index (χ2n) is 11.1. The van der Waals surface area contributed by atoms with Crippen molar-refractivity contribution in [3.05, 3.63) is 38.3 Å². The summed E-state index contributed by atoms with van der Waals surface area (Å²) < 4.78 is 11.0. The molecular formula is C27H30N2O7S2. The number of benzene rings is 1. The van der Waals surface area contributed by atoms with Crippen molar-refractivity contribution in [2.45, 2.75) is 48.9 Å². The van der Waals surface area contributed by atoms with E-state index < -0.39 is 23.8 Å². The van der Waals surface area contributed by atoms with Crippen molar-refractivity contribution in [1.82, 2.24) is 9.88 Å². The lowest BCUT2D eigenvalue weighted by atomic mass is 9.68. The number of hydrogen-bond acceptors (Lipinski definition) is 8. The number of aliphatic carboxylic acids is 1. The van der Waals surface area contributed by atoms with Crippen LogP contribution in [-0.4, -0.2) is 58.3 Å². The lowest BCUT2D eigenvalue weighted by molar-refractivity contribution is -0.156. The van der Waals surface area contributed by atoms with Gasteiger partial charge in [0.1, 0.15) is 6.04 Å². The normalized spacial score (nSPS) is 31.8. The average Bonchev–Trinajstić information content (AvgIpc) is 3.61. The Morgan fingerprint density at radius 2 is 1.79 bits per heavy atom. The lowest BCUT2D eigenvalue weighted by Gasteiger charge is -2.43. The number of likely N-dealkylation sites (tertiary alicyclic amines) is 1. The second kappa shape index (κ2) is 9.15. The van der Waals surface area contributed by atoms with Crippen molar-refractivity contribution in [3.63, 3.8) is 0 Å². The van der Waals surface area contributed by atoms with Gasteiger partial charge in [0.05, 0.1) is 31.1 Å². The van der Waals surface area contributed by atoms with Crippen molar-refractivity contribution in [1.29, 1.82) is 0 Å². The number of ether oxygens (including phenoxy) is 2. The maximum absolute atomic E-state index is 13.8. The van der Waals surface area contributed by atoms with Crippen LogP contribution in [0.5, 0.6) is 11.5 Å². The third-order valence-corrected chi connectivity index (χ3v) is 11.4. The molecule has 0 unspecified atom stereocenters. The van der Waals surface area contributed by atoms with Crippen molar-refractivity contribution < 1.29 is 29.0 Å². The number of carboxylic acids is 1. The van der Waals surface area contributed by atoms with Crippen LogP contribution in [0.3, 0.4) is 0 Å². The molecule has 2 aromatic rings. The predicted octanol–water partition coefficient (Wildman–Crippen LogP) is 3.43. The smallest absolute Gasteiger partial charge is 0.326 e. The summed E-state index contributed by atoms with van der Waals surface area (Å²) in [5.41, 5.74) is 0.968. The Hall–Kier alpha value is -2.79. The molecule has 11 heteroatoms. The molecule has 3 heterocycles. The van der Waals surface area contributed by atoms with Gasteiger partial charge in [0, 0.05) is 16.0 Å². The number of nitrogens with one attached hydrogen (secondary N) is 1. The zero-order valence-corrected chi connectivity index (χ0v) is 23.1. The van der Waals surface area contributed by atoms with Gasteiger partial charge < -0.3 is 19.6 Å². The van der Waals surface area contributed by atoms with Gasteiger partial charge in [-0.1, -0.05) is 31.3 Å². The van der Waals surface area contributed by atoms with Crippen LogP contribution in [0.2, 0.25) is 0 Å². The first-order chi connectivity index (χ1) is 18.2. The summed E-state index contributed by atoms with van der Waals surface area (Å²) in [5.74, 6) is -1.92. The Morgan fingerprint density at radius 3 is 2.42 bits per heavy atom. The van der Waals surface area contributed by atoms with E-state index in [-0.39, 0.29) is 57.9 Å². The highest BCUT2D eigenvalue weighted by molar-refractivity contribution is 8.00. The number of thioether (sulfide) groups is 1. The molecule has 2 amide bonds. The number of carboxylic acid groups (broad SMARTS) is 1. The minimum absolute atomic E-state index is 0.0216. The van der Waals surface area contributed by atoms with Gasteiger partial charge in [0.25, 0.3) is 0 Å². The van der Waals surface area contributed by atoms with Gasteiger partial charge in [-0.15, -0.1) is 11.8 Å². The molecule has 2 aliphatic carbocycles. The average molecular weight is 559 g/mol. The summed E-state index contributed by atoms with van der Waals surface area (Å²) in [7, 11) is 3.16. The zero-order chi connectivity index (χ0) is 27.0. The van der Waals surface area contributed by atoms with Crippen LogP contribution in [0.25, 0.3) is 0 Å². The molecule has 2 aliphatic heterocycles. The Labute approximate surface area is 227 Å². The van der Waals surface area contributed by atoms with Crippen LogP contribution in [0.4, 0.5) is 0 Å². The summed E-state index contributed by atoms with van der Waals surface area (Å²) >= 11 is 2.80. The van der Waals surface area contributed by atoms with E-state index in [9.17, 15) is 24.3 Å². The van der Waals surface area contributed by atoms with E-state index in [1.165, 1.54) is 11.3 Å². The summed E-state index contributed by atoms with van der Waals surface area (Å²) in [6.07, 6.45) is 0.976. The van der Waals surface area contributed by atoms with E-state index in [4.69, 9.17) is 9.47 Å². The first kappa shape index (κ1) is 25.5. The molecule has 0 spiro atoms. The third kappa shape index (κ3) is 3.57. The Bertz CT molecular complexity index is 1380. The standard InChI is InChI=1S/C27H30N2O7S2/c1-10(2)7-14(26(32)33)29-24(30)19-12-9-13(20(19)25(29)31)21-18(12)17(22-23(37-21)28-27(34)38-22)11-5-6-15(35-3)16(8-11)36-4/h5-6,8,10,12-14,17-21H,7,9H2,1-4H3,(H,28,34)(H,32,33)/t12-,13+,14-,17+,18+,19+,20-,21-/m1/s1. The lowest BCUT2D eigenvalue weighted by Crippen LogP contribution is -2.47. The second-order valence-corrected chi connectivity index (χ2v) is 13.3. The number of methoxy groups -OCH3 is 2. The number of aromatic amines is 1. The molecule has 4 aliphatic rings. The number of amides is 2. The van der Waals surface area contributed by atoms with Crippen LogP contribution in [-0.2, 0) is 14.4 Å². The Balaban J connectivity index is 1.43. The van der Waals surface area contributed by atoms with Crippen LogP contribution < -0.4 is 14.3 Å². The van der Waals surface area contributed by atoms with Gasteiger partial charge in [-0.2, -0.15) is 0 Å². The number of imide groups is 1. The van der Waals surface area contributed by atoms with Gasteiger partial charge in [-0.05, 0) is 54.2 Å². The van der Waals surface area contributed by atoms with Crippen LogP contribution in [0.15, 0.2) is 28.0 Å². The number of H-pyrrole nitrogens is 1. The highest BCUT2D eigenvalue weighted by Gasteiger charge is 2.70. The van der Waals surface area contributed by atoms with Gasteiger partial charge in [0.2, 0.25) is 11.8 Å². The Morgan fingerprint density at radius 1 is 1.11 bits per heavy atom. The van der Waals surface area contributed by atoms with Crippen LogP contribution in [0.1, 0.15) is 43.0 Å². The van der Waals surface area contributed by atoms with E-state index in [1.54, 1.807) is 26.0 Å². The SMILES string of the molecule is COc1ccc([C@@H]2c3sc(=O)[nH]c3S[C@@H]3[C@H]4C[C@@H]([C@@H]5C(=O)N([C@H](CC(C)C)C(=O)O)C(=O)[C@H]45)[C@@H]23)cc1OC. The first-order valence-electron chi connectivity index (χ1n) is 12.9. The number of nitrogens with zero attached hydrogens (tertiary/aromatic N) is 1. The van der Waals surface area contributed by atoms with E-state index >= 15 is 0 Å². The molecule has 8 atom stereocenters. The van der Waals surface area contributed by atoms with Crippen molar-refractivity contribution >= 4 is 40.9 Å². The topological polar surface area (TPSA) is 126 Å². The molecule has 1 aromatic carbocycles. The molecule has 202 valence electrons. The maximum atomic E-state index is 13.8. The summed E-state index contributed by atoms with van der Waals surface area (Å²) in [6, 6.07) is 4.62. The largest absolute Gasteiger partial charge is 0.493 e. The number of hydrogen-bond donors (Lipinski definition) is 2. The monoisotopic (exact) mass is 558 g/mol. The molecule has 3 fully saturated rings. The maximum Gasteiger partial charge on any atom is 0.326 e.